The van der Waals surface area contributed by atoms with Crippen LogP contribution in [0.2, 0.25) is 0 Å². The van der Waals surface area contributed by atoms with Gasteiger partial charge >= 0.3 is 12.1 Å². The van der Waals surface area contributed by atoms with Crippen LogP contribution >= 0.6 is 0 Å². The summed E-state index contributed by atoms with van der Waals surface area (Å²) in [6.07, 6.45) is -3.27. The lowest BCUT2D eigenvalue weighted by atomic mass is 10.2. The van der Waals surface area contributed by atoms with Crippen LogP contribution < -0.4 is 4.74 Å². The zero-order chi connectivity index (χ0) is 14.8. The van der Waals surface area contributed by atoms with Crippen LogP contribution in [0.3, 0.4) is 0 Å². The van der Waals surface area contributed by atoms with E-state index in [9.17, 15) is 18.0 Å². The quantitative estimate of drug-likeness (QED) is 0.906. The Morgan fingerprint density at radius 2 is 1.95 bits per heavy atom. The Labute approximate surface area is 111 Å². The number of hydrogen-bond acceptors (Lipinski definition) is 3. The minimum Gasteiger partial charge on any atom is -0.487 e. The zero-order valence-electron chi connectivity index (χ0n) is 9.94. The average Bonchev–Trinajstić information content (AvgIpc) is 2.84. The molecule has 2 N–H and O–H groups in total. The Kier molecular flexibility index (Phi) is 3.64. The molecular weight excluding hydrogens is 277 g/mol. The van der Waals surface area contributed by atoms with Crippen molar-refractivity contribution in [2.75, 3.05) is 0 Å². The van der Waals surface area contributed by atoms with Crippen LogP contribution in [0.25, 0.3) is 0 Å². The topological polar surface area (TPSA) is 75.2 Å². The zero-order valence-corrected chi connectivity index (χ0v) is 9.94. The third-order valence-electron chi connectivity index (χ3n) is 2.51. The molecule has 0 aliphatic rings. The number of rotatable bonds is 4. The molecule has 0 saturated heterocycles. The fourth-order valence-corrected chi connectivity index (χ4v) is 1.50. The predicted molar refractivity (Wildman–Crippen MR) is 61.3 cm³/mol. The number of aromatic carboxylic acids is 1. The molecule has 0 spiro atoms. The van der Waals surface area contributed by atoms with E-state index in [-0.39, 0.29) is 23.6 Å². The van der Waals surface area contributed by atoms with E-state index in [1.807, 2.05) is 0 Å². The number of H-pyrrole nitrogens is 1. The molecule has 1 heterocycles. The highest BCUT2D eigenvalue weighted by atomic mass is 19.4. The summed E-state index contributed by atoms with van der Waals surface area (Å²) in [5.74, 6) is -0.964. The molecule has 0 aliphatic heterocycles. The number of nitrogens with zero attached hydrogens (tertiary/aromatic N) is 1. The van der Waals surface area contributed by atoms with Crippen molar-refractivity contribution < 1.29 is 27.8 Å². The number of aromatic nitrogens is 2. The van der Waals surface area contributed by atoms with Crippen molar-refractivity contribution in [3.05, 3.63) is 47.3 Å². The van der Waals surface area contributed by atoms with Gasteiger partial charge in [-0.1, -0.05) is 0 Å². The van der Waals surface area contributed by atoms with Gasteiger partial charge in [-0.2, -0.15) is 18.3 Å². The van der Waals surface area contributed by atoms with Crippen LogP contribution in [0.15, 0.2) is 30.5 Å². The summed E-state index contributed by atoms with van der Waals surface area (Å²) in [6, 6.07) is 4.11. The molecule has 0 unspecified atom stereocenters. The predicted octanol–water partition coefficient (Wildman–Crippen LogP) is 2.71. The highest BCUT2D eigenvalue weighted by Gasteiger charge is 2.30. The molecule has 0 fully saturated rings. The Bertz CT molecular complexity index is 605. The second kappa shape index (κ2) is 5.24. The van der Waals surface area contributed by atoms with Crippen LogP contribution in [0.4, 0.5) is 13.2 Å². The molecule has 106 valence electrons. The molecule has 0 bridgehead atoms. The summed E-state index contributed by atoms with van der Waals surface area (Å²) >= 11 is 0. The number of halogens is 3. The fraction of sp³-hybridized carbons (Fsp3) is 0.167. The van der Waals surface area contributed by atoms with E-state index >= 15 is 0 Å². The number of ether oxygens (including phenoxy) is 1. The number of benzene rings is 1. The molecule has 0 aliphatic carbocycles. The maximum Gasteiger partial charge on any atom is 0.416 e. The number of alkyl halides is 3. The van der Waals surface area contributed by atoms with Gasteiger partial charge in [0.25, 0.3) is 0 Å². The molecule has 2 rings (SSSR count). The normalized spacial score (nSPS) is 11.3. The van der Waals surface area contributed by atoms with Gasteiger partial charge in [-0.3, -0.25) is 5.10 Å². The summed E-state index contributed by atoms with van der Waals surface area (Å²) in [5.41, 5.74) is -0.591. The minimum atomic E-state index is -4.40. The Morgan fingerprint density at radius 3 is 2.50 bits per heavy atom. The van der Waals surface area contributed by atoms with Crippen LogP contribution in [0, 0.1) is 0 Å². The van der Waals surface area contributed by atoms with Crippen molar-refractivity contribution in [1.82, 2.24) is 10.2 Å². The summed E-state index contributed by atoms with van der Waals surface area (Å²) in [6.45, 7) is -0.132. The monoisotopic (exact) mass is 286 g/mol. The lowest BCUT2D eigenvalue weighted by Gasteiger charge is -2.08. The molecule has 1 aromatic heterocycles. The first-order valence-corrected chi connectivity index (χ1v) is 5.43. The molecule has 2 aromatic rings. The third kappa shape index (κ3) is 3.08. The van der Waals surface area contributed by atoms with Crippen molar-refractivity contribution in [2.24, 2.45) is 0 Å². The maximum atomic E-state index is 12.4. The summed E-state index contributed by atoms with van der Waals surface area (Å²) in [7, 11) is 0. The fourth-order valence-electron chi connectivity index (χ4n) is 1.50. The molecular formula is C12H9F3N2O3. The second-order valence-electron chi connectivity index (χ2n) is 3.88. The molecule has 20 heavy (non-hydrogen) atoms. The van der Waals surface area contributed by atoms with E-state index in [0.29, 0.717) is 0 Å². The number of hydrogen-bond donors (Lipinski definition) is 2. The number of carboxylic acid groups (broad SMARTS) is 1. The number of nitrogens with one attached hydrogen (secondary N) is 1. The standard InChI is InChI=1S/C12H9F3N2O3/c13-12(14,15)7-1-3-8(4-2-7)20-6-10-9(11(18)19)5-16-17-10/h1-5H,6H2,(H,16,17)(H,18,19). The van der Waals surface area contributed by atoms with Gasteiger partial charge in [0.2, 0.25) is 0 Å². The highest BCUT2D eigenvalue weighted by molar-refractivity contribution is 5.88. The van der Waals surface area contributed by atoms with Gasteiger partial charge in [-0.25, -0.2) is 4.79 Å². The number of carboxylic acids is 1. The van der Waals surface area contributed by atoms with Gasteiger partial charge in [0, 0.05) is 0 Å². The minimum absolute atomic E-state index is 0.0445. The van der Waals surface area contributed by atoms with Crippen molar-refractivity contribution >= 4 is 5.97 Å². The van der Waals surface area contributed by atoms with Gasteiger partial charge in [0.1, 0.15) is 17.9 Å². The Balaban J connectivity index is 2.04. The van der Waals surface area contributed by atoms with Crippen molar-refractivity contribution in [1.29, 1.82) is 0 Å². The van der Waals surface area contributed by atoms with Crippen molar-refractivity contribution in [3.63, 3.8) is 0 Å². The lowest BCUT2D eigenvalue weighted by molar-refractivity contribution is -0.137. The maximum absolute atomic E-state index is 12.4. The highest BCUT2D eigenvalue weighted by Crippen LogP contribution is 2.30. The van der Waals surface area contributed by atoms with E-state index in [1.165, 1.54) is 12.1 Å². The summed E-state index contributed by atoms with van der Waals surface area (Å²) < 4.78 is 42.3. The summed E-state index contributed by atoms with van der Waals surface area (Å²) in [5, 5.41) is 14.9. The van der Waals surface area contributed by atoms with E-state index in [4.69, 9.17) is 9.84 Å². The van der Waals surface area contributed by atoms with Gasteiger partial charge in [-0.15, -0.1) is 0 Å². The van der Waals surface area contributed by atoms with Gasteiger partial charge < -0.3 is 9.84 Å². The second-order valence-corrected chi connectivity index (χ2v) is 3.88. The Hall–Kier alpha value is -2.51. The summed E-state index contributed by atoms with van der Waals surface area (Å²) in [4.78, 5) is 10.8. The first-order chi connectivity index (χ1) is 9.38. The first-order valence-electron chi connectivity index (χ1n) is 5.43. The molecule has 0 saturated carbocycles. The first kappa shape index (κ1) is 13.9. The number of carbonyl (C=O) groups is 1. The van der Waals surface area contributed by atoms with Crippen LogP contribution in [0.5, 0.6) is 5.75 Å². The molecule has 0 amide bonds. The number of aromatic amines is 1. The largest absolute Gasteiger partial charge is 0.487 e. The van der Waals surface area contributed by atoms with E-state index in [2.05, 4.69) is 10.2 Å². The van der Waals surface area contributed by atoms with Crippen LogP contribution in [0.1, 0.15) is 21.6 Å². The molecule has 1 aromatic carbocycles. The smallest absolute Gasteiger partial charge is 0.416 e. The third-order valence-corrected chi connectivity index (χ3v) is 2.51. The van der Waals surface area contributed by atoms with Gasteiger partial charge in [0.05, 0.1) is 17.5 Å². The van der Waals surface area contributed by atoms with Crippen molar-refractivity contribution in [3.8, 4) is 5.75 Å². The van der Waals surface area contributed by atoms with Gasteiger partial charge in [0.15, 0.2) is 0 Å². The molecule has 8 heteroatoms. The van der Waals surface area contributed by atoms with E-state index in [0.717, 1.165) is 18.3 Å². The average molecular weight is 286 g/mol. The Morgan fingerprint density at radius 1 is 1.30 bits per heavy atom. The van der Waals surface area contributed by atoms with Crippen LogP contribution in [-0.4, -0.2) is 21.3 Å². The van der Waals surface area contributed by atoms with Gasteiger partial charge in [-0.05, 0) is 24.3 Å². The molecule has 5 nitrogen and oxygen atoms in total. The van der Waals surface area contributed by atoms with Crippen LogP contribution in [-0.2, 0) is 12.8 Å². The van der Waals surface area contributed by atoms with E-state index in [1.54, 1.807) is 0 Å². The van der Waals surface area contributed by atoms with E-state index < -0.39 is 17.7 Å². The lowest BCUT2D eigenvalue weighted by Crippen LogP contribution is -2.06. The van der Waals surface area contributed by atoms with Crippen molar-refractivity contribution in [2.45, 2.75) is 12.8 Å². The molecule has 0 radical (unpaired) electrons. The SMILES string of the molecule is O=C(O)c1cn[nH]c1COc1ccc(C(F)(F)F)cc1. The molecule has 0 atom stereocenters.